The summed E-state index contributed by atoms with van der Waals surface area (Å²) in [5, 5.41) is 2.96. The molecule has 0 radical (unpaired) electrons. The average Bonchev–Trinajstić information content (AvgIpc) is 3.31. The van der Waals surface area contributed by atoms with Gasteiger partial charge in [0.1, 0.15) is 0 Å². The number of carbonyl (C=O) groups is 2. The third-order valence-corrected chi connectivity index (χ3v) is 6.21. The summed E-state index contributed by atoms with van der Waals surface area (Å²) in [6.45, 7) is 5.67. The molecule has 2 atom stereocenters. The summed E-state index contributed by atoms with van der Waals surface area (Å²) in [7, 11) is 2.00. The number of carbonyl (C=O) groups excluding carboxylic acids is 2. The van der Waals surface area contributed by atoms with Crippen LogP contribution in [0.1, 0.15) is 29.7 Å². The van der Waals surface area contributed by atoms with Crippen LogP contribution in [0.15, 0.2) is 36.8 Å². The third-order valence-electron chi connectivity index (χ3n) is 6.21. The predicted octanol–water partition coefficient (Wildman–Crippen LogP) is 1.16. The maximum atomic E-state index is 13.0. The molecular formula is C22H29N5O2. The SMILES string of the molecule is CC(=O)NC[C@@H]1CN(CC(=O)N2CCc3ccccc3C2)C[C@H]1c1cncn1C. The van der Waals surface area contributed by atoms with Crippen molar-refractivity contribution in [2.75, 3.05) is 32.7 Å². The first-order valence-electron chi connectivity index (χ1n) is 10.3. The molecule has 2 aliphatic heterocycles. The number of fused-ring (bicyclic) bond motifs is 1. The number of aryl methyl sites for hydroxylation is 1. The number of hydrogen-bond donors (Lipinski definition) is 1. The molecule has 1 aromatic carbocycles. The fraction of sp³-hybridized carbons (Fsp3) is 0.500. The van der Waals surface area contributed by atoms with Gasteiger partial charge in [-0.25, -0.2) is 4.98 Å². The van der Waals surface area contributed by atoms with Gasteiger partial charge in [-0.05, 0) is 23.5 Å². The first kappa shape index (κ1) is 19.6. The molecule has 1 fully saturated rings. The van der Waals surface area contributed by atoms with Gasteiger partial charge in [0.2, 0.25) is 11.8 Å². The van der Waals surface area contributed by atoms with Crippen LogP contribution in [0, 0.1) is 5.92 Å². The molecular weight excluding hydrogens is 366 g/mol. The Kier molecular flexibility index (Phi) is 5.67. The fourth-order valence-electron chi connectivity index (χ4n) is 4.63. The van der Waals surface area contributed by atoms with Crippen LogP contribution in [0.5, 0.6) is 0 Å². The van der Waals surface area contributed by atoms with E-state index in [0.29, 0.717) is 19.6 Å². The van der Waals surface area contributed by atoms with Gasteiger partial charge in [0.15, 0.2) is 0 Å². The van der Waals surface area contributed by atoms with Crippen LogP contribution < -0.4 is 5.32 Å². The van der Waals surface area contributed by atoms with Crippen molar-refractivity contribution in [1.29, 1.82) is 0 Å². The molecule has 7 heteroatoms. The van der Waals surface area contributed by atoms with Gasteiger partial charge in [-0.2, -0.15) is 0 Å². The van der Waals surface area contributed by atoms with Gasteiger partial charge in [0.05, 0.1) is 12.9 Å². The minimum Gasteiger partial charge on any atom is -0.356 e. The summed E-state index contributed by atoms with van der Waals surface area (Å²) in [4.78, 5) is 32.9. The second-order valence-electron chi connectivity index (χ2n) is 8.26. The highest BCUT2D eigenvalue weighted by molar-refractivity contribution is 5.78. The highest BCUT2D eigenvalue weighted by Crippen LogP contribution is 2.32. The van der Waals surface area contributed by atoms with Crippen molar-refractivity contribution >= 4 is 11.8 Å². The van der Waals surface area contributed by atoms with E-state index >= 15 is 0 Å². The van der Waals surface area contributed by atoms with Crippen molar-refractivity contribution in [3.8, 4) is 0 Å². The van der Waals surface area contributed by atoms with Crippen molar-refractivity contribution in [1.82, 2.24) is 24.7 Å². The van der Waals surface area contributed by atoms with E-state index in [-0.39, 0.29) is 23.7 Å². The molecule has 1 N–H and O–H groups in total. The number of nitrogens with zero attached hydrogens (tertiary/aromatic N) is 4. The van der Waals surface area contributed by atoms with Crippen LogP contribution in [0.25, 0.3) is 0 Å². The summed E-state index contributed by atoms with van der Waals surface area (Å²) < 4.78 is 2.04. The smallest absolute Gasteiger partial charge is 0.237 e. The Morgan fingerprint density at radius 1 is 1.21 bits per heavy atom. The second kappa shape index (κ2) is 8.37. The molecule has 2 aromatic rings. The normalized spacial score (nSPS) is 21.8. The number of likely N-dealkylation sites (tertiary alicyclic amines) is 1. The molecule has 1 saturated heterocycles. The number of imidazole rings is 1. The summed E-state index contributed by atoms with van der Waals surface area (Å²) in [5.74, 6) is 0.687. The van der Waals surface area contributed by atoms with Crippen molar-refractivity contribution in [2.45, 2.75) is 25.8 Å². The Morgan fingerprint density at radius 2 is 2.00 bits per heavy atom. The van der Waals surface area contributed by atoms with Gasteiger partial charge < -0.3 is 14.8 Å². The number of nitrogens with one attached hydrogen (secondary N) is 1. The Labute approximate surface area is 171 Å². The second-order valence-corrected chi connectivity index (χ2v) is 8.26. The molecule has 3 heterocycles. The predicted molar refractivity (Wildman–Crippen MR) is 110 cm³/mol. The number of hydrogen-bond acceptors (Lipinski definition) is 4. The minimum absolute atomic E-state index is 0.0183. The Hall–Kier alpha value is -2.67. The monoisotopic (exact) mass is 395 g/mol. The molecule has 0 spiro atoms. The highest BCUT2D eigenvalue weighted by Gasteiger charge is 2.36. The van der Waals surface area contributed by atoms with E-state index in [4.69, 9.17) is 0 Å². The minimum atomic E-state index is -0.0183. The zero-order chi connectivity index (χ0) is 20.4. The van der Waals surface area contributed by atoms with E-state index in [0.717, 1.165) is 31.7 Å². The Morgan fingerprint density at radius 3 is 2.72 bits per heavy atom. The van der Waals surface area contributed by atoms with Crippen molar-refractivity contribution in [3.63, 3.8) is 0 Å². The van der Waals surface area contributed by atoms with E-state index in [1.807, 2.05) is 35.1 Å². The number of benzene rings is 1. The molecule has 2 amide bonds. The van der Waals surface area contributed by atoms with E-state index in [1.165, 1.54) is 11.1 Å². The van der Waals surface area contributed by atoms with Crippen LogP contribution in [-0.2, 0) is 29.6 Å². The van der Waals surface area contributed by atoms with Crippen molar-refractivity contribution in [3.05, 3.63) is 53.6 Å². The van der Waals surface area contributed by atoms with E-state index in [1.54, 1.807) is 6.92 Å². The lowest BCUT2D eigenvalue weighted by molar-refractivity contribution is -0.133. The van der Waals surface area contributed by atoms with Gasteiger partial charge in [-0.3, -0.25) is 14.5 Å². The van der Waals surface area contributed by atoms with Gasteiger partial charge in [0.25, 0.3) is 0 Å². The lowest BCUT2D eigenvalue weighted by Gasteiger charge is -2.30. The van der Waals surface area contributed by atoms with E-state index in [9.17, 15) is 9.59 Å². The van der Waals surface area contributed by atoms with Crippen molar-refractivity contribution in [2.24, 2.45) is 13.0 Å². The van der Waals surface area contributed by atoms with Gasteiger partial charge in [0, 0.05) is 64.5 Å². The maximum Gasteiger partial charge on any atom is 0.237 e. The van der Waals surface area contributed by atoms with Gasteiger partial charge in [-0.15, -0.1) is 0 Å². The summed E-state index contributed by atoms with van der Waals surface area (Å²) in [5.41, 5.74) is 3.76. The molecule has 29 heavy (non-hydrogen) atoms. The first-order chi connectivity index (χ1) is 14.0. The molecule has 0 saturated carbocycles. The zero-order valence-corrected chi connectivity index (χ0v) is 17.2. The standard InChI is InChI=1S/C22H29N5O2/c1-16(28)24-9-19-11-26(13-20(19)21-10-23-15-25(21)2)14-22(29)27-8-7-17-5-3-4-6-18(17)12-27/h3-6,10,15,19-20H,7-9,11-14H2,1-2H3,(H,24,28)/t19-,20-/m1/s1. The van der Waals surface area contributed by atoms with Crippen LogP contribution in [0.4, 0.5) is 0 Å². The Balaban J connectivity index is 1.41. The molecule has 1 aromatic heterocycles. The zero-order valence-electron chi connectivity index (χ0n) is 17.2. The van der Waals surface area contributed by atoms with Crippen LogP contribution >= 0.6 is 0 Å². The quantitative estimate of drug-likeness (QED) is 0.825. The molecule has 0 unspecified atom stereocenters. The van der Waals surface area contributed by atoms with E-state index < -0.39 is 0 Å². The largest absolute Gasteiger partial charge is 0.356 e. The summed E-state index contributed by atoms with van der Waals surface area (Å²) in [6, 6.07) is 8.38. The maximum absolute atomic E-state index is 13.0. The molecule has 7 nitrogen and oxygen atoms in total. The van der Waals surface area contributed by atoms with Gasteiger partial charge in [-0.1, -0.05) is 24.3 Å². The molecule has 0 bridgehead atoms. The topological polar surface area (TPSA) is 70.5 Å². The molecule has 0 aliphatic carbocycles. The lowest BCUT2D eigenvalue weighted by Crippen LogP contribution is -2.42. The molecule has 2 aliphatic rings. The fourth-order valence-corrected chi connectivity index (χ4v) is 4.63. The summed E-state index contributed by atoms with van der Waals surface area (Å²) >= 11 is 0. The Bertz CT molecular complexity index is 893. The average molecular weight is 396 g/mol. The number of rotatable bonds is 5. The van der Waals surface area contributed by atoms with Crippen LogP contribution in [0.3, 0.4) is 0 Å². The van der Waals surface area contributed by atoms with E-state index in [2.05, 4.69) is 33.4 Å². The molecule has 154 valence electrons. The van der Waals surface area contributed by atoms with Crippen LogP contribution in [-0.4, -0.2) is 63.9 Å². The number of aromatic nitrogens is 2. The first-order valence-corrected chi connectivity index (χ1v) is 10.3. The number of amides is 2. The third kappa shape index (κ3) is 4.34. The van der Waals surface area contributed by atoms with Crippen LogP contribution in [0.2, 0.25) is 0 Å². The molecule has 4 rings (SSSR count). The van der Waals surface area contributed by atoms with Crippen molar-refractivity contribution < 1.29 is 9.59 Å². The van der Waals surface area contributed by atoms with Gasteiger partial charge >= 0.3 is 0 Å². The lowest BCUT2D eigenvalue weighted by atomic mass is 9.93. The summed E-state index contributed by atoms with van der Waals surface area (Å²) in [6.07, 6.45) is 4.63. The highest BCUT2D eigenvalue weighted by atomic mass is 16.2.